The van der Waals surface area contributed by atoms with Crippen molar-refractivity contribution in [3.05, 3.63) is 35.6 Å². The van der Waals surface area contributed by atoms with E-state index in [1.807, 2.05) is 12.1 Å². The van der Waals surface area contributed by atoms with Crippen molar-refractivity contribution in [3.8, 4) is 0 Å². The van der Waals surface area contributed by atoms with Gasteiger partial charge in [-0.25, -0.2) is 4.39 Å². The first-order valence-corrected chi connectivity index (χ1v) is 6.44. The van der Waals surface area contributed by atoms with Crippen LogP contribution in [-0.2, 0) is 6.42 Å². The van der Waals surface area contributed by atoms with Crippen molar-refractivity contribution in [2.45, 2.75) is 37.9 Å². The number of benzene rings is 1. The van der Waals surface area contributed by atoms with Crippen LogP contribution in [0.25, 0.3) is 0 Å². The lowest BCUT2D eigenvalue weighted by molar-refractivity contribution is 0.508. The standard InChI is InChI=1S/C13H18BrF/c1-3-6-12(14)10(2)9-11-7-4-5-8-13(11)15/h4-5,7-8,10,12H,3,6,9H2,1-2H3. The third-order valence-corrected chi connectivity index (χ3v) is 4.04. The Balaban J connectivity index is 2.58. The molecule has 15 heavy (non-hydrogen) atoms. The average Bonchev–Trinajstić information content (AvgIpc) is 2.21. The van der Waals surface area contributed by atoms with Crippen LogP contribution < -0.4 is 0 Å². The summed E-state index contributed by atoms with van der Waals surface area (Å²) in [5.41, 5.74) is 0.825. The van der Waals surface area contributed by atoms with E-state index < -0.39 is 0 Å². The summed E-state index contributed by atoms with van der Waals surface area (Å²) in [6.07, 6.45) is 3.12. The third kappa shape index (κ3) is 3.94. The molecule has 2 unspecified atom stereocenters. The van der Waals surface area contributed by atoms with Gasteiger partial charge in [0.2, 0.25) is 0 Å². The third-order valence-electron chi connectivity index (χ3n) is 2.68. The van der Waals surface area contributed by atoms with Crippen molar-refractivity contribution < 1.29 is 4.39 Å². The first-order valence-electron chi connectivity index (χ1n) is 5.52. The fourth-order valence-electron chi connectivity index (χ4n) is 1.70. The average molecular weight is 273 g/mol. The van der Waals surface area contributed by atoms with Gasteiger partial charge in [-0.1, -0.05) is 54.4 Å². The van der Waals surface area contributed by atoms with E-state index in [1.54, 1.807) is 6.07 Å². The second-order valence-electron chi connectivity index (χ2n) is 4.08. The SMILES string of the molecule is CCCC(Br)C(C)Cc1ccccc1F. The molecule has 0 N–H and O–H groups in total. The molecule has 0 nitrogen and oxygen atoms in total. The van der Waals surface area contributed by atoms with Gasteiger partial charge in [0.25, 0.3) is 0 Å². The predicted molar refractivity (Wildman–Crippen MR) is 66.9 cm³/mol. The van der Waals surface area contributed by atoms with Crippen LogP contribution in [0.2, 0.25) is 0 Å². The predicted octanol–water partition coefficient (Wildman–Crippen LogP) is 4.57. The highest BCUT2D eigenvalue weighted by atomic mass is 79.9. The summed E-state index contributed by atoms with van der Waals surface area (Å²) in [6, 6.07) is 7.04. The second kappa shape index (κ2) is 6.26. The van der Waals surface area contributed by atoms with E-state index in [0.717, 1.165) is 24.8 Å². The molecular formula is C13H18BrF. The Kier molecular flexibility index (Phi) is 5.30. The lowest BCUT2D eigenvalue weighted by Crippen LogP contribution is -2.14. The maximum absolute atomic E-state index is 13.4. The Hall–Kier alpha value is -0.370. The van der Waals surface area contributed by atoms with Crippen molar-refractivity contribution in [2.24, 2.45) is 5.92 Å². The summed E-state index contributed by atoms with van der Waals surface area (Å²) < 4.78 is 13.4. The van der Waals surface area contributed by atoms with E-state index >= 15 is 0 Å². The highest BCUT2D eigenvalue weighted by molar-refractivity contribution is 9.09. The lowest BCUT2D eigenvalue weighted by Gasteiger charge is -2.17. The minimum absolute atomic E-state index is 0.0828. The van der Waals surface area contributed by atoms with E-state index in [4.69, 9.17) is 0 Å². The molecule has 0 bridgehead atoms. The van der Waals surface area contributed by atoms with Gasteiger partial charge in [-0.15, -0.1) is 0 Å². The molecule has 0 aliphatic carbocycles. The maximum Gasteiger partial charge on any atom is 0.126 e. The van der Waals surface area contributed by atoms with Crippen molar-refractivity contribution in [1.29, 1.82) is 0 Å². The Morgan fingerprint density at radius 1 is 1.33 bits per heavy atom. The van der Waals surface area contributed by atoms with Crippen molar-refractivity contribution in [1.82, 2.24) is 0 Å². The zero-order valence-corrected chi connectivity index (χ0v) is 10.9. The first-order chi connectivity index (χ1) is 7.15. The van der Waals surface area contributed by atoms with Gasteiger partial charge in [0, 0.05) is 4.83 Å². The molecule has 1 rings (SSSR count). The largest absolute Gasteiger partial charge is 0.207 e. The van der Waals surface area contributed by atoms with Gasteiger partial charge in [-0.2, -0.15) is 0 Å². The van der Waals surface area contributed by atoms with Gasteiger partial charge in [0.05, 0.1) is 0 Å². The van der Waals surface area contributed by atoms with E-state index in [1.165, 1.54) is 6.07 Å². The van der Waals surface area contributed by atoms with Gasteiger partial charge in [-0.05, 0) is 30.4 Å². The monoisotopic (exact) mass is 272 g/mol. The van der Waals surface area contributed by atoms with E-state index in [2.05, 4.69) is 29.8 Å². The molecular weight excluding hydrogens is 255 g/mol. The molecule has 0 aromatic heterocycles. The number of hydrogen-bond donors (Lipinski definition) is 0. The van der Waals surface area contributed by atoms with Crippen LogP contribution in [0, 0.1) is 11.7 Å². The van der Waals surface area contributed by atoms with Crippen molar-refractivity contribution >= 4 is 15.9 Å². The first kappa shape index (κ1) is 12.7. The molecule has 0 saturated carbocycles. The number of halogens is 2. The minimum Gasteiger partial charge on any atom is -0.207 e. The van der Waals surface area contributed by atoms with Crippen LogP contribution in [0.5, 0.6) is 0 Å². The molecule has 0 radical (unpaired) electrons. The molecule has 0 spiro atoms. The summed E-state index contributed by atoms with van der Waals surface area (Å²) in [6.45, 7) is 4.34. The summed E-state index contributed by atoms with van der Waals surface area (Å²) in [5.74, 6) is 0.391. The van der Waals surface area contributed by atoms with Gasteiger partial charge in [0.1, 0.15) is 5.82 Å². The summed E-state index contributed by atoms with van der Waals surface area (Å²) >= 11 is 3.66. The molecule has 0 aliphatic rings. The molecule has 1 aromatic rings. The number of alkyl halides is 1. The van der Waals surface area contributed by atoms with E-state index in [-0.39, 0.29) is 5.82 Å². The van der Waals surface area contributed by atoms with Gasteiger partial charge < -0.3 is 0 Å². The number of rotatable bonds is 5. The van der Waals surface area contributed by atoms with Gasteiger partial charge in [0.15, 0.2) is 0 Å². The maximum atomic E-state index is 13.4. The molecule has 0 saturated heterocycles. The van der Waals surface area contributed by atoms with Gasteiger partial charge >= 0.3 is 0 Å². The van der Waals surface area contributed by atoms with Gasteiger partial charge in [-0.3, -0.25) is 0 Å². The molecule has 2 heteroatoms. The summed E-state index contributed by atoms with van der Waals surface area (Å²) in [4.78, 5) is 0.488. The Morgan fingerprint density at radius 3 is 2.60 bits per heavy atom. The molecule has 0 heterocycles. The fraction of sp³-hybridized carbons (Fsp3) is 0.538. The minimum atomic E-state index is -0.0828. The normalized spacial score (nSPS) is 14.9. The quantitative estimate of drug-likeness (QED) is 0.689. The summed E-state index contributed by atoms with van der Waals surface area (Å²) in [7, 11) is 0. The smallest absolute Gasteiger partial charge is 0.126 e. The highest BCUT2D eigenvalue weighted by Crippen LogP contribution is 2.23. The van der Waals surface area contributed by atoms with E-state index in [0.29, 0.717) is 10.7 Å². The fourth-order valence-corrected chi connectivity index (χ4v) is 2.34. The molecule has 0 fully saturated rings. The van der Waals surface area contributed by atoms with Crippen LogP contribution in [0.3, 0.4) is 0 Å². The topological polar surface area (TPSA) is 0 Å². The van der Waals surface area contributed by atoms with Crippen LogP contribution in [0.4, 0.5) is 4.39 Å². The Bertz CT molecular complexity index is 298. The van der Waals surface area contributed by atoms with Crippen LogP contribution in [0.15, 0.2) is 24.3 Å². The van der Waals surface area contributed by atoms with Crippen molar-refractivity contribution in [3.63, 3.8) is 0 Å². The summed E-state index contributed by atoms with van der Waals surface area (Å²) in [5, 5.41) is 0. The van der Waals surface area contributed by atoms with E-state index in [9.17, 15) is 4.39 Å². The Morgan fingerprint density at radius 2 is 2.00 bits per heavy atom. The lowest BCUT2D eigenvalue weighted by atomic mass is 9.95. The molecule has 0 amide bonds. The highest BCUT2D eigenvalue weighted by Gasteiger charge is 2.15. The van der Waals surface area contributed by atoms with Crippen molar-refractivity contribution in [2.75, 3.05) is 0 Å². The molecule has 1 aromatic carbocycles. The Labute approximate surface area is 100 Å². The number of hydrogen-bond acceptors (Lipinski definition) is 0. The zero-order chi connectivity index (χ0) is 11.3. The molecule has 2 atom stereocenters. The van der Waals surface area contributed by atoms with Crippen LogP contribution >= 0.6 is 15.9 Å². The second-order valence-corrected chi connectivity index (χ2v) is 5.25. The van der Waals surface area contributed by atoms with Crippen LogP contribution in [-0.4, -0.2) is 4.83 Å². The van der Waals surface area contributed by atoms with Crippen LogP contribution in [0.1, 0.15) is 32.3 Å². The zero-order valence-electron chi connectivity index (χ0n) is 9.34. The molecule has 84 valence electrons. The molecule has 0 aliphatic heterocycles.